The standard InChI is InChI=1S/C18H17N3O2.CHF3/c1-4-16-14-8-6-12(10-15(14)20-18(23)21(16)3)9-13-7-5-11(2)19-17(13)22;2-1(3)4/h1,5-8,10,16H,9H2,2-3H3,(H,19,22)(H,20,23);1H. The zero-order valence-electron chi connectivity index (χ0n) is 14.7. The predicted molar refractivity (Wildman–Crippen MR) is 96.5 cm³/mol. The summed E-state index contributed by atoms with van der Waals surface area (Å²) in [6.07, 6.45) is 6.04. The molecule has 2 amide bonds. The number of halogens is 3. The van der Waals surface area contributed by atoms with Gasteiger partial charge >= 0.3 is 12.7 Å². The second kappa shape index (κ2) is 8.45. The van der Waals surface area contributed by atoms with Crippen molar-refractivity contribution in [3.05, 3.63) is 63.1 Å². The van der Waals surface area contributed by atoms with Crippen LogP contribution in [0.15, 0.2) is 35.1 Å². The van der Waals surface area contributed by atoms with Crippen LogP contribution in [-0.4, -0.2) is 29.6 Å². The summed E-state index contributed by atoms with van der Waals surface area (Å²) in [6.45, 7) is -1.82. The largest absolute Gasteiger partial charge is 0.379 e. The lowest BCUT2D eigenvalue weighted by Crippen LogP contribution is -2.38. The average Bonchev–Trinajstić information content (AvgIpc) is 2.58. The Morgan fingerprint density at radius 2 is 1.89 bits per heavy atom. The Bertz CT molecular complexity index is 932. The molecule has 1 aliphatic heterocycles. The molecule has 0 fully saturated rings. The molecule has 0 saturated carbocycles. The van der Waals surface area contributed by atoms with E-state index in [0.29, 0.717) is 17.7 Å². The Morgan fingerprint density at radius 3 is 2.48 bits per heavy atom. The number of urea groups is 1. The van der Waals surface area contributed by atoms with Crippen molar-refractivity contribution in [2.45, 2.75) is 26.1 Å². The van der Waals surface area contributed by atoms with E-state index < -0.39 is 6.68 Å². The Balaban J connectivity index is 0.000000596. The first-order chi connectivity index (χ1) is 12.7. The van der Waals surface area contributed by atoms with Crippen LogP contribution >= 0.6 is 0 Å². The van der Waals surface area contributed by atoms with Gasteiger partial charge in [0.15, 0.2) is 0 Å². The minimum atomic E-state index is -3.67. The van der Waals surface area contributed by atoms with Gasteiger partial charge in [0, 0.05) is 36.0 Å². The number of fused-ring (bicyclic) bond motifs is 1. The maximum Gasteiger partial charge on any atom is 0.379 e. The topological polar surface area (TPSA) is 65.2 Å². The van der Waals surface area contributed by atoms with Gasteiger partial charge in [-0.25, -0.2) is 4.79 Å². The average molecular weight is 377 g/mol. The van der Waals surface area contributed by atoms with Crippen LogP contribution in [-0.2, 0) is 6.42 Å². The molecule has 0 saturated heterocycles. The van der Waals surface area contributed by atoms with Gasteiger partial charge in [-0.05, 0) is 24.6 Å². The number of rotatable bonds is 2. The van der Waals surface area contributed by atoms with E-state index in [-0.39, 0.29) is 17.6 Å². The maximum atomic E-state index is 12.0. The first kappa shape index (κ1) is 20.1. The molecule has 1 aromatic heterocycles. The van der Waals surface area contributed by atoms with Crippen molar-refractivity contribution < 1.29 is 18.0 Å². The molecule has 1 aliphatic rings. The van der Waals surface area contributed by atoms with Crippen LogP contribution in [0.1, 0.15) is 28.4 Å². The Morgan fingerprint density at radius 1 is 1.22 bits per heavy atom. The number of pyridine rings is 1. The highest BCUT2D eigenvalue weighted by Crippen LogP contribution is 2.32. The van der Waals surface area contributed by atoms with Gasteiger partial charge in [0.1, 0.15) is 6.04 Å². The lowest BCUT2D eigenvalue weighted by Gasteiger charge is -2.31. The third kappa shape index (κ3) is 4.91. The summed E-state index contributed by atoms with van der Waals surface area (Å²) in [6, 6.07) is 8.82. The van der Waals surface area contributed by atoms with E-state index >= 15 is 0 Å². The number of aromatic amines is 1. The SMILES string of the molecule is C#CC1c2ccc(Cc3ccc(C)[nH]c3=O)cc2NC(=O)N1C.FC(F)F. The van der Waals surface area contributed by atoms with E-state index in [1.54, 1.807) is 7.05 Å². The number of hydrogen-bond donors (Lipinski definition) is 2. The van der Waals surface area contributed by atoms with Gasteiger partial charge in [-0.15, -0.1) is 6.42 Å². The molecule has 1 atom stereocenters. The third-order valence-corrected chi connectivity index (χ3v) is 4.05. The molecule has 2 aromatic rings. The van der Waals surface area contributed by atoms with Crippen LogP contribution in [0.4, 0.5) is 23.7 Å². The molecule has 3 rings (SSSR count). The minimum Gasteiger partial charge on any atom is -0.326 e. The van der Waals surface area contributed by atoms with E-state index in [1.165, 1.54) is 4.90 Å². The smallest absolute Gasteiger partial charge is 0.326 e. The number of carbonyl (C=O) groups is 1. The molecule has 0 bridgehead atoms. The number of benzene rings is 1. The zero-order valence-corrected chi connectivity index (χ0v) is 14.7. The van der Waals surface area contributed by atoms with E-state index in [9.17, 15) is 22.8 Å². The van der Waals surface area contributed by atoms with Gasteiger partial charge in [0.05, 0.1) is 0 Å². The van der Waals surface area contributed by atoms with Crippen LogP contribution in [0.5, 0.6) is 0 Å². The number of carbonyl (C=O) groups excluding carboxylic acids is 1. The fourth-order valence-corrected chi connectivity index (χ4v) is 2.75. The molecule has 8 heteroatoms. The highest BCUT2D eigenvalue weighted by Gasteiger charge is 2.28. The number of H-pyrrole nitrogens is 1. The summed E-state index contributed by atoms with van der Waals surface area (Å²) in [5, 5.41) is 2.83. The molecule has 5 nitrogen and oxygen atoms in total. The number of anilines is 1. The first-order valence-corrected chi connectivity index (χ1v) is 7.96. The summed E-state index contributed by atoms with van der Waals surface area (Å²) < 4.78 is 29.0. The lowest BCUT2D eigenvalue weighted by molar-refractivity contribution is 0.00819. The molecule has 2 N–H and O–H groups in total. The molecule has 2 heterocycles. The molecule has 0 aliphatic carbocycles. The van der Waals surface area contributed by atoms with Crippen molar-refractivity contribution in [3.63, 3.8) is 0 Å². The number of hydrogen-bond acceptors (Lipinski definition) is 2. The van der Waals surface area contributed by atoms with Gasteiger partial charge < -0.3 is 15.2 Å². The first-order valence-electron chi connectivity index (χ1n) is 7.96. The number of aromatic nitrogens is 1. The highest BCUT2D eigenvalue weighted by molar-refractivity contribution is 5.93. The second-order valence-corrected chi connectivity index (χ2v) is 5.95. The summed E-state index contributed by atoms with van der Waals surface area (Å²) in [5.74, 6) is 2.63. The Kier molecular flexibility index (Phi) is 6.29. The quantitative estimate of drug-likeness (QED) is 0.786. The van der Waals surface area contributed by atoms with Gasteiger partial charge in [-0.3, -0.25) is 4.79 Å². The molecule has 0 spiro atoms. The van der Waals surface area contributed by atoms with Crippen molar-refractivity contribution in [3.8, 4) is 12.3 Å². The summed E-state index contributed by atoms with van der Waals surface area (Å²) in [5.41, 5.74) is 3.96. The predicted octanol–water partition coefficient (Wildman–Crippen LogP) is 3.60. The van der Waals surface area contributed by atoms with Crippen molar-refractivity contribution >= 4 is 11.7 Å². The van der Waals surface area contributed by atoms with Gasteiger partial charge in [0.2, 0.25) is 0 Å². The van der Waals surface area contributed by atoms with Crippen molar-refractivity contribution in [1.29, 1.82) is 0 Å². The lowest BCUT2D eigenvalue weighted by atomic mass is 9.97. The Hall–Kier alpha value is -3.21. The van der Waals surface area contributed by atoms with Crippen molar-refractivity contribution in [1.82, 2.24) is 9.88 Å². The third-order valence-electron chi connectivity index (χ3n) is 4.05. The van der Waals surface area contributed by atoms with Crippen LogP contribution in [0, 0.1) is 19.3 Å². The van der Waals surface area contributed by atoms with Crippen LogP contribution in [0.25, 0.3) is 0 Å². The summed E-state index contributed by atoms with van der Waals surface area (Å²) in [7, 11) is 1.67. The van der Waals surface area contributed by atoms with Crippen LogP contribution < -0.4 is 10.9 Å². The van der Waals surface area contributed by atoms with Crippen LogP contribution in [0.2, 0.25) is 0 Å². The van der Waals surface area contributed by atoms with Crippen LogP contribution in [0.3, 0.4) is 0 Å². The van der Waals surface area contributed by atoms with E-state index in [2.05, 4.69) is 16.2 Å². The molecule has 27 heavy (non-hydrogen) atoms. The number of nitrogens with one attached hydrogen (secondary N) is 2. The molecule has 0 radical (unpaired) electrons. The molecular weight excluding hydrogens is 359 g/mol. The van der Waals surface area contributed by atoms with Crippen molar-refractivity contribution in [2.24, 2.45) is 0 Å². The number of aryl methyl sites for hydroxylation is 1. The monoisotopic (exact) mass is 377 g/mol. The van der Waals surface area contributed by atoms with Gasteiger partial charge in [-0.1, -0.05) is 24.1 Å². The summed E-state index contributed by atoms with van der Waals surface area (Å²) in [4.78, 5) is 28.2. The number of nitrogens with zero attached hydrogens (tertiary/aromatic N) is 1. The fraction of sp³-hybridized carbons (Fsp3) is 0.263. The maximum absolute atomic E-state index is 12.0. The zero-order chi connectivity index (χ0) is 20.1. The van der Waals surface area contributed by atoms with Gasteiger partial charge in [0.25, 0.3) is 5.56 Å². The van der Waals surface area contributed by atoms with Gasteiger partial charge in [-0.2, -0.15) is 13.2 Å². The molecule has 1 aromatic carbocycles. The van der Waals surface area contributed by atoms with E-state index in [4.69, 9.17) is 6.42 Å². The fourth-order valence-electron chi connectivity index (χ4n) is 2.75. The molecule has 1 unspecified atom stereocenters. The summed E-state index contributed by atoms with van der Waals surface area (Å²) >= 11 is 0. The Labute approximate surface area is 154 Å². The minimum absolute atomic E-state index is 0.0898. The second-order valence-electron chi connectivity index (χ2n) is 5.95. The van der Waals surface area contributed by atoms with E-state index in [1.807, 2.05) is 37.3 Å². The number of terminal acetylenes is 1. The molecule has 142 valence electrons. The normalized spacial score (nSPS) is 15.4. The van der Waals surface area contributed by atoms with E-state index in [0.717, 1.165) is 16.8 Å². The molecular formula is C19H18F3N3O2. The number of alkyl halides is 3. The number of amides is 2. The highest BCUT2D eigenvalue weighted by atomic mass is 19.4. The van der Waals surface area contributed by atoms with Crippen molar-refractivity contribution in [2.75, 3.05) is 12.4 Å².